The third-order valence-corrected chi connectivity index (χ3v) is 5.05. The first kappa shape index (κ1) is 21.2. The Labute approximate surface area is 168 Å². The molecule has 3 rings (SSSR count). The topological polar surface area (TPSA) is 9.23 Å². The van der Waals surface area contributed by atoms with E-state index in [1.165, 1.54) is 37.3 Å². The lowest BCUT2D eigenvalue weighted by atomic mass is 9.98. The summed E-state index contributed by atoms with van der Waals surface area (Å²) in [6, 6.07) is 13.9. The Morgan fingerprint density at radius 2 is 1.52 bits per heavy atom. The number of unbranched alkanes of at least 4 members (excludes halogenated alkanes) is 4. The summed E-state index contributed by atoms with van der Waals surface area (Å²) in [4.78, 5) is 0. The summed E-state index contributed by atoms with van der Waals surface area (Å²) >= 11 is 0. The molecule has 0 saturated heterocycles. The lowest BCUT2D eigenvalue weighted by Gasteiger charge is -2.11. The van der Waals surface area contributed by atoms with E-state index < -0.39 is 24.0 Å². The van der Waals surface area contributed by atoms with Crippen LogP contribution in [0, 0.1) is 11.6 Å². The van der Waals surface area contributed by atoms with Crippen LogP contribution in [-0.2, 0) is 6.42 Å². The van der Waals surface area contributed by atoms with E-state index in [4.69, 9.17) is 0 Å². The van der Waals surface area contributed by atoms with Gasteiger partial charge in [-0.15, -0.1) is 0 Å². The fourth-order valence-electron chi connectivity index (χ4n) is 3.48. The normalized spacial score (nSPS) is 11.4. The molecule has 1 nitrogen and oxygen atoms in total. The number of benzene rings is 3. The van der Waals surface area contributed by atoms with E-state index in [1.54, 1.807) is 12.1 Å². The van der Waals surface area contributed by atoms with Crippen molar-refractivity contribution in [3.8, 4) is 16.9 Å². The van der Waals surface area contributed by atoms with E-state index in [-0.39, 0.29) is 5.39 Å². The Kier molecular flexibility index (Phi) is 7.13. The van der Waals surface area contributed by atoms with Gasteiger partial charge in [0.2, 0.25) is 0 Å². The number of alkyl halides is 2. The summed E-state index contributed by atoms with van der Waals surface area (Å²) in [6.07, 6.45) is 7.20. The van der Waals surface area contributed by atoms with E-state index in [0.29, 0.717) is 5.39 Å². The Balaban J connectivity index is 1.78. The van der Waals surface area contributed by atoms with Gasteiger partial charge in [-0.1, -0.05) is 69.0 Å². The van der Waals surface area contributed by atoms with Gasteiger partial charge in [0, 0.05) is 5.39 Å². The Morgan fingerprint density at radius 1 is 0.828 bits per heavy atom. The van der Waals surface area contributed by atoms with Crippen LogP contribution in [0.1, 0.15) is 44.6 Å². The predicted octanol–water partition coefficient (Wildman–Crippen LogP) is 7.90. The fraction of sp³-hybridized carbons (Fsp3) is 0.333. The molecule has 0 saturated carbocycles. The maximum atomic E-state index is 14.4. The van der Waals surface area contributed by atoms with Crippen LogP contribution in [-0.4, -0.2) is 6.61 Å². The molecule has 0 aliphatic heterocycles. The van der Waals surface area contributed by atoms with Crippen molar-refractivity contribution in [3.05, 3.63) is 65.7 Å². The zero-order valence-electron chi connectivity index (χ0n) is 16.4. The monoisotopic (exact) mass is 404 g/mol. The van der Waals surface area contributed by atoms with Gasteiger partial charge in [0.1, 0.15) is 0 Å². The van der Waals surface area contributed by atoms with E-state index in [9.17, 15) is 17.6 Å². The third kappa shape index (κ3) is 5.28. The minimum absolute atomic E-state index is 0.0366. The van der Waals surface area contributed by atoms with Crippen LogP contribution in [0.4, 0.5) is 17.6 Å². The Hall–Kier alpha value is -2.56. The van der Waals surface area contributed by atoms with Crippen LogP contribution in [0.15, 0.2) is 48.5 Å². The molecule has 0 spiro atoms. The van der Waals surface area contributed by atoms with Crippen molar-refractivity contribution < 1.29 is 22.3 Å². The predicted molar refractivity (Wildman–Crippen MR) is 108 cm³/mol. The molecule has 0 bridgehead atoms. The second-order valence-electron chi connectivity index (χ2n) is 7.18. The molecule has 0 fully saturated rings. The smallest absolute Gasteiger partial charge is 0.387 e. The van der Waals surface area contributed by atoms with Gasteiger partial charge >= 0.3 is 6.61 Å². The highest BCUT2D eigenvalue weighted by Crippen LogP contribution is 2.33. The number of aryl methyl sites for hydroxylation is 1. The number of rotatable bonds is 9. The third-order valence-electron chi connectivity index (χ3n) is 5.05. The molecule has 0 atom stereocenters. The standard InChI is InChI=1S/C24H24F4O/c1-2-3-4-5-6-7-16-8-10-17(11-9-16)18-12-13-20-19(14-18)15-21(25)23(22(20)26)29-24(27)28/h8-15,24H,2-7H2,1H3. The van der Waals surface area contributed by atoms with Crippen molar-refractivity contribution in [1.82, 2.24) is 0 Å². The Bertz CT molecular complexity index is 951. The molecule has 0 aromatic heterocycles. The molecule has 3 aromatic rings. The van der Waals surface area contributed by atoms with Gasteiger partial charge in [0.25, 0.3) is 0 Å². The number of ether oxygens (including phenoxy) is 1. The summed E-state index contributed by atoms with van der Waals surface area (Å²) in [5, 5.41) is 0.327. The van der Waals surface area contributed by atoms with E-state index in [2.05, 4.69) is 23.8 Å². The number of hydrogen-bond acceptors (Lipinski definition) is 1. The number of fused-ring (bicyclic) bond motifs is 1. The molecule has 0 amide bonds. The molecular weight excluding hydrogens is 380 g/mol. The van der Waals surface area contributed by atoms with Crippen LogP contribution >= 0.6 is 0 Å². The van der Waals surface area contributed by atoms with Gasteiger partial charge in [-0.25, -0.2) is 8.78 Å². The van der Waals surface area contributed by atoms with Crippen LogP contribution < -0.4 is 4.74 Å². The molecule has 0 aliphatic rings. The number of hydrogen-bond donors (Lipinski definition) is 0. The van der Waals surface area contributed by atoms with E-state index >= 15 is 0 Å². The highest BCUT2D eigenvalue weighted by atomic mass is 19.3. The SMILES string of the molecule is CCCCCCCc1ccc(-c2ccc3c(F)c(OC(F)F)c(F)cc3c2)cc1. The average Bonchev–Trinajstić information content (AvgIpc) is 2.71. The van der Waals surface area contributed by atoms with Crippen molar-refractivity contribution in [2.75, 3.05) is 0 Å². The maximum absolute atomic E-state index is 14.4. The summed E-state index contributed by atoms with van der Waals surface area (Å²) in [5.74, 6) is -3.32. The Morgan fingerprint density at radius 3 is 2.21 bits per heavy atom. The molecule has 0 heterocycles. The van der Waals surface area contributed by atoms with Crippen LogP contribution in [0.25, 0.3) is 21.9 Å². The maximum Gasteiger partial charge on any atom is 0.387 e. The molecule has 0 unspecified atom stereocenters. The second-order valence-corrected chi connectivity index (χ2v) is 7.18. The first-order valence-electron chi connectivity index (χ1n) is 9.95. The first-order chi connectivity index (χ1) is 14.0. The first-order valence-corrected chi connectivity index (χ1v) is 9.95. The highest BCUT2D eigenvalue weighted by Gasteiger charge is 2.19. The lowest BCUT2D eigenvalue weighted by molar-refractivity contribution is -0.0544. The van der Waals surface area contributed by atoms with Crippen molar-refractivity contribution in [3.63, 3.8) is 0 Å². The molecular formula is C24H24F4O. The second kappa shape index (κ2) is 9.77. The van der Waals surface area contributed by atoms with Crippen molar-refractivity contribution in [1.29, 1.82) is 0 Å². The summed E-state index contributed by atoms with van der Waals surface area (Å²) in [7, 11) is 0. The zero-order valence-corrected chi connectivity index (χ0v) is 16.4. The van der Waals surface area contributed by atoms with Crippen molar-refractivity contribution in [2.24, 2.45) is 0 Å². The minimum Gasteiger partial charge on any atom is -0.429 e. The quantitative estimate of drug-likeness (QED) is 0.260. The average molecular weight is 404 g/mol. The molecule has 29 heavy (non-hydrogen) atoms. The molecule has 154 valence electrons. The lowest BCUT2D eigenvalue weighted by Crippen LogP contribution is -2.06. The summed E-state index contributed by atoms with van der Waals surface area (Å²) in [5.41, 5.74) is 2.99. The summed E-state index contributed by atoms with van der Waals surface area (Å²) in [6.45, 7) is -1.09. The molecule has 5 heteroatoms. The largest absolute Gasteiger partial charge is 0.429 e. The van der Waals surface area contributed by atoms with Crippen LogP contribution in [0.2, 0.25) is 0 Å². The van der Waals surface area contributed by atoms with Crippen LogP contribution in [0.5, 0.6) is 5.75 Å². The van der Waals surface area contributed by atoms with Gasteiger partial charge in [-0.3, -0.25) is 0 Å². The molecule has 0 N–H and O–H groups in total. The zero-order chi connectivity index (χ0) is 20.8. The summed E-state index contributed by atoms with van der Waals surface area (Å²) < 4.78 is 57.1. The molecule has 0 radical (unpaired) electrons. The number of halogens is 4. The van der Waals surface area contributed by atoms with E-state index in [0.717, 1.165) is 30.0 Å². The van der Waals surface area contributed by atoms with Crippen LogP contribution in [0.3, 0.4) is 0 Å². The van der Waals surface area contributed by atoms with Crippen molar-refractivity contribution in [2.45, 2.75) is 52.1 Å². The van der Waals surface area contributed by atoms with Gasteiger partial charge in [-0.2, -0.15) is 8.78 Å². The molecule has 3 aromatic carbocycles. The minimum atomic E-state index is -3.29. The van der Waals surface area contributed by atoms with E-state index in [1.807, 2.05) is 12.1 Å². The van der Waals surface area contributed by atoms with Gasteiger partial charge in [-0.05, 0) is 47.1 Å². The van der Waals surface area contributed by atoms with Gasteiger partial charge in [0.05, 0.1) is 0 Å². The van der Waals surface area contributed by atoms with Gasteiger partial charge < -0.3 is 4.74 Å². The van der Waals surface area contributed by atoms with Crippen molar-refractivity contribution >= 4 is 10.8 Å². The van der Waals surface area contributed by atoms with Gasteiger partial charge in [0.15, 0.2) is 17.4 Å². The fourth-order valence-corrected chi connectivity index (χ4v) is 3.48. The molecule has 0 aliphatic carbocycles. The highest BCUT2D eigenvalue weighted by molar-refractivity contribution is 5.89.